The van der Waals surface area contributed by atoms with Crippen molar-refractivity contribution >= 4 is 39.6 Å². The van der Waals surface area contributed by atoms with Gasteiger partial charge in [0.05, 0.1) is 41.5 Å². The summed E-state index contributed by atoms with van der Waals surface area (Å²) in [6.07, 6.45) is -5.20. The van der Waals surface area contributed by atoms with Crippen LogP contribution >= 0.6 is 0 Å². The summed E-state index contributed by atoms with van der Waals surface area (Å²) in [5, 5.41) is 4.61. The molecule has 1 aliphatic rings. The first-order valence-corrected chi connectivity index (χ1v) is 21.1. The van der Waals surface area contributed by atoms with Crippen molar-refractivity contribution in [3.8, 4) is 0 Å². The van der Waals surface area contributed by atoms with Crippen LogP contribution in [0.2, 0.25) is 0 Å². The van der Waals surface area contributed by atoms with Gasteiger partial charge in [-0.1, -0.05) is 65.3 Å². The van der Waals surface area contributed by atoms with Gasteiger partial charge in [0.25, 0.3) is 10.0 Å². The predicted octanol–water partition coefficient (Wildman–Crippen LogP) is 3.24. The molecule has 1 fully saturated rings. The van der Waals surface area contributed by atoms with Crippen LogP contribution in [0.3, 0.4) is 0 Å². The molecule has 15 nitrogen and oxygen atoms in total. The number of methoxy groups -OCH3 is 2. The highest BCUT2D eigenvalue weighted by Gasteiger charge is 2.44. The quantitative estimate of drug-likeness (QED) is 0.155. The first-order valence-electron chi connectivity index (χ1n) is 19.6. The van der Waals surface area contributed by atoms with Crippen LogP contribution in [-0.2, 0) is 50.0 Å². The van der Waals surface area contributed by atoms with Crippen molar-refractivity contribution in [2.24, 2.45) is 17.8 Å². The number of hydrogen-bond acceptors (Lipinski definition) is 10. The van der Waals surface area contributed by atoms with Crippen LogP contribution in [0.1, 0.15) is 72.8 Å². The maximum atomic E-state index is 14.2. The monoisotopic (exact) mass is 860 g/mol. The summed E-state index contributed by atoms with van der Waals surface area (Å²) < 4.78 is 77.6. The molecular formula is C40H63F3N6O9S. The van der Waals surface area contributed by atoms with Gasteiger partial charge in [0.2, 0.25) is 23.6 Å². The number of nitrogens with one attached hydrogen (secondary N) is 3. The lowest BCUT2D eigenvalue weighted by Crippen LogP contribution is -2.59. The zero-order chi connectivity index (χ0) is 45.2. The van der Waals surface area contributed by atoms with Gasteiger partial charge in [-0.15, -0.1) is 0 Å². The fraction of sp³-hybridized carbons (Fsp3) is 0.675. The smallest absolute Gasteiger partial charge is 0.379 e. The van der Waals surface area contributed by atoms with E-state index in [4.69, 9.17) is 9.47 Å². The third kappa shape index (κ3) is 13.5. The van der Waals surface area contributed by atoms with Crippen molar-refractivity contribution in [3.63, 3.8) is 0 Å². The van der Waals surface area contributed by atoms with Crippen molar-refractivity contribution in [1.82, 2.24) is 30.1 Å². The average molecular weight is 861 g/mol. The van der Waals surface area contributed by atoms with Crippen molar-refractivity contribution in [3.05, 3.63) is 42.0 Å². The molecule has 1 aliphatic heterocycles. The van der Waals surface area contributed by atoms with Gasteiger partial charge >= 0.3 is 12.1 Å². The minimum Gasteiger partial charge on any atom is -0.379 e. The molecule has 3 N–H and O–H groups in total. The molecule has 0 bridgehead atoms. The summed E-state index contributed by atoms with van der Waals surface area (Å²) in [5.41, 5.74) is 0.810. The summed E-state index contributed by atoms with van der Waals surface area (Å²) in [5.74, 6) is -5.54. The first kappa shape index (κ1) is 51.1. The van der Waals surface area contributed by atoms with Crippen LogP contribution < -0.4 is 15.4 Å². The largest absolute Gasteiger partial charge is 0.471 e. The number of carbonyl (C=O) groups excluding carboxylic acids is 5. The maximum Gasteiger partial charge on any atom is 0.471 e. The van der Waals surface area contributed by atoms with Gasteiger partial charge in [-0.2, -0.15) is 13.2 Å². The zero-order valence-electron chi connectivity index (χ0n) is 36.0. The number of carbonyl (C=O) groups is 5. The van der Waals surface area contributed by atoms with E-state index in [9.17, 15) is 45.6 Å². The third-order valence-corrected chi connectivity index (χ3v) is 12.3. The minimum atomic E-state index is -5.07. The number of ether oxygens (including phenoxy) is 2. The molecule has 0 saturated carbocycles. The van der Waals surface area contributed by atoms with Gasteiger partial charge in [-0.25, -0.2) is 13.1 Å². The van der Waals surface area contributed by atoms with Gasteiger partial charge in [0, 0.05) is 34.4 Å². The van der Waals surface area contributed by atoms with E-state index in [1.54, 1.807) is 48.1 Å². The molecule has 1 heterocycles. The summed E-state index contributed by atoms with van der Waals surface area (Å²) in [6.45, 7) is 14.6. The maximum absolute atomic E-state index is 14.2. The molecule has 0 radical (unpaired) electrons. The average Bonchev–Trinajstić information content (AvgIpc) is 3.64. The van der Waals surface area contributed by atoms with Crippen molar-refractivity contribution < 1.29 is 55.0 Å². The molecule has 1 saturated heterocycles. The van der Waals surface area contributed by atoms with Gasteiger partial charge in [0.15, 0.2) is 0 Å². The number of likely N-dealkylation sites (tertiary alicyclic amines) is 1. The number of benzene rings is 1. The normalized spacial score (nSPS) is 18.3. The second-order valence-electron chi connectivity index (χ2n) is 15.8. The van der Waals surface area contributed by atoms with E-state index < -0.39 is 76.9 Å². The standard InChI is InChI=1S/C40H63F3N6O9S/c1-13-25(6)34(48(10)38(53)32(23(2)3)45-37(52)33(24(4)5)47(8)9)30(57-11)21-31(50)49-20-14-15-29(49)35(58-12)26(7)36(51)46-59(55,56)28-18-16-27(17-19-28)22-44-39(54)40(41,42)43/h16-19,23,25-26,29-30,32-35H,4,13-15,20-22H2,1-3,5-12H3,(H,44,54)(H,45,52)(H,46,51)/t25-,26+,29-,30+,32-,33-,34-,35+/m0/s1. The lowest BCUT2D eigenvalue weighted by Gasteiger charge is -2.41. The summed E-state index contributed by atoms with van der Waals surface area (Å²) in [4.78, 5) is 70.8. The van der Waals surface area contributed by atoms with Gasteiger partial charge < -0.3 is 29.9 Å². The van der Waals surface area contributed by atoms with E-state index in [1.807, 2.05) is 32.4 Å². The molecule has 334 valence electrons. The molecule has 19 heteroatoms. The number of amides is 5. The van der Waals surface area contributed by atoms with E-state index in [0.717, 1.165) is 12.1 Å². The Morgan fingerprint density at radius 3 is 2.05 bits per heavy atom. The van der Waals surface area contributed by atoms with E-state index >= 15 is 0 Å². The number of rotatable bonds is 21. The zero-order valence-corrected chi connectivity index (χ0v) is 36.8. The van der Waals surface area contributed by atoms with Crippen LogP contribution in [-0.4, -0.2) is 137 Å². The Hall–Kier alpha value is -4.07. The van der Waals surface area contributed by atoms with Crippen molar-refractivity contribution in [2.75, 3.05) is 41.9 Å². The number of sulfonamides is 1. The van der Waals surface area contributed by atoms with Crippen LogP contribution in [0, 0.1) is 17.8 Å². The molecule has 59 heavy (non-hydrogen) atoms. The SMILES string of the molecule is C=C(C)[C@@H](C(=O)N[C@H](C(=O)N(C)[C@@H]([C@@H](C)CC)[C@@H](CC(=O)N1CCC[C@H]1[C@H](OC)[C@@H](C)C(=O)NS(=O)(=O)c1ccc(CNC(=O)C(F)(F)F)cc1)OC)C(C)C)N(C)C. The van der Waals surface area contributed by atoms with Crippen LogP contribution in [0.25, 0.3) is 0 Å². The van der Waals surface area contributed by atoms with Gasteiger partial charge in [-0.05, 0) is 63.4 Å². The number of alkyl halides is 3. The number of hydrogen-bond donors (Lipinski definition) is 3. The van der Waals surface area contributed by atoms with Crippen LogP contribution in [0.5, 0.6) is 0 Å². The number of likely N-dealkylation sites (N-methyl/N-ethyl adjacent to an activating group) is 2. The van der Waals surface area contributed by atoms with E-state index in [0.29, 0.717) is 31.4 Å². The molecule has 0 aliphatic carbocycles. The van der Waals surface area contributed by atoms with Gasteiger partial charge in [0.1, 0.15) is 12.1 Å². The molecular weight excluding hydrogens is 798 g/mol. The second-order valence-corrected chi connectivity index (χ2v) is 17.5. The highest BCUT2D eigenvalue weighted by molar-refractivity contribution is 7.90. The topological polar surface area (TPSA) is 184 Å². The molecule has 0 spiro atoms. The predicted molar refractivity (Wildman–Crippen MR) is 215 cm³/mol. The second kappa shape index (κ2) is 22.0. The first-order chi connectivity index (χ1) is 27.3. The molecule has 0 aromatic heterocycles. The molecule has 1 aromatic carbocycles. The lowest BCUT2D eigenvalue weighted by atomic mass is 9.89. The fourth-order valence-electron chi connectivity index (χ4n) is 7.52. The minimum absolute atomic E-state index is 0.127. The number of halogens is 3. The van der Waals surface area contributed by atoms with Crippen molar-refractivity contribution in [1.29, 1.82) is 0 Å². The molecule has 5 amide bonds. The third-order valence-electron chi connectivity index (χ3n) is 10.9. The Bertz CT molecular complexity index is 1740. The Morgan fingerprint density at radius 1 is 0.983 bits per heavy atom. The molecule has 8 atom stereocenters. The molecule has 1 aromatic rings. The lowest BCUT2D eigenvalue weighted by molar-refractivity contribution is -0.173. The van der Waals surface area contributed by atoms with E-state index in [-0.39, 0.29) is 46.4 Å². The number of nitrogens with zero attached hydrogens (tertiary/aromatic N) is 3. The fourth-order valence-corrected chi connectivity index (χ4v) is 8.59. The Kier molecular flexibility index (Phi) is 19.0. The van der Waals surface area contributed by atoms with Gasteiger partial charge in [-0.3, -0.25) is 28.9 Å². The molecule has 0 unspecified atom stereocenters. The summed E-state index contributed by atoms with van der Waals surface area (Å²) in [7, 11) is 3.53. The molecule has 2 rings (SSSR count). The highest BCUT2D eigenvalue weighted by atomic mass is 32.2. The highest BCUT2D eigenvalue weighted by Crippen LogP contribution is 2.30. The van der Waals surface area contributed by atoms with E-state index in [2.05, 4.69) is 11.9 Å². The van der Waals surface area contributed by atoms with E-state index in [1.165, 1.54) is 33.3 Å². The Balaban J connectivity index is 2.25. The van der Waals surface area contributed by atoms with Crippen LogP contribution in [0.4, 0.5) is 13.2 Å². The van der Waals surface area contributed by atoms with Crippen molar-refractivity contribution in [2.45, 2.75) is 121 Å². The Labute approximate surface area is 346 Å². The summed E-state index contributed by atoms with van der Waals surface area (Å²) >= 11 is 0. The summed E-state index contributed by atoms with van der Waals surface area (Å²) in [6, 6.07) is 1.88. The Morgan fingerprint density at radius 2 is 1.58 bits per heavy atom. The van der Waals surface area contributed by atoms with Crippen LogP contribution in [0.15, 0.2) is 41.3 Å².